The molecule has 0 aromatic rings. The summed E-state index contributed by atoms with van der Waals surface area (Å²) >= 11 is 0. The van der Waals surface area contributed by atoms with Crippen molar-refractivity contribution in [2.45, 2.75) is 112 Å². The second kappa shape index (κ2) is 14.0. The molecule has 0 aliphatic rings. The molecular formula is C20H42. The van der Waals surface area contributed by atoms with Crippen LogP contribution in [0.2, 0.25) is 0 Å². The molecule has 0 aliphatic carbocycles. The summed E-state index contributed by atoms with van der Waals surface area (Å²) in [5, 5.41) is 0. The summed E-state index contributed by atoms with van der Waals surface area (Å²) in [5.74, 6) is 2.82. The Bertz CT molecular complexity index is 184. The molecule has 0 rings (SSSR count). The van der Waals surface area contributed by atoms with Gasteiger partial charge < -0.3 is 0 Å². The third kappa shape index (κ3) is 11.8. The van der Waals surface area contributed by atoms with Crippen LogP contribution in [0, 0.1) is 17.8 Å². The molecule has 0 heteroatoms. The molecule has 0 saturated heterocycles. The van der Waals surface area contributed by atoms with Gasteiger partial charge in [-0.05, 0) is 17.8 Å². The van der Waals surface area contributed by atoms with Crippen molar-refractivity contribution in [2.75, 3.05) is 0 Å². The Balaban J connectivity index is 3.28. The molecule has 0 aromatic heterocycles. The van der Waals surface area contributed by atoms with Crippen LogP contribution in [-0.4, -0.2) is 0 Å². The Labute approximate surface area is 130 Å². The summed E-state index contributed by atoms with van der Waals surface area (Å²) in [6, 6.07) is 0. The largest absolute Gasteiger partial charge is 0.0654 e. The van der Waals surface area contributed by atoms with Crippen LogP contribution < -0.4 is 0 Å². The SMILES string of the molecule is CCCC(C)CCCCCCCCC(C)C(C)CCC. The van der Waals surface area contributed by atoms with Gasteiger partial charge >= 0.3 is 0 Å². The van der Waals surface area contributed by atoms with Crippen LogP contribution in [0.4, 0.5) is 0 Å². The van der Waals surface area contributed by atoms with E-state index in [0.717, 1.165) is 17.8 Å². The first-order valence-corrected chi connectivity index (χ1v) is 9.61. The predicted molar refractivity (Wildman–Crippen MR) is 94.2 cm³/mol. The number of hydrogen-bond donors (Lipinski definition) is 0. The van der Waals surface area contributed by atoms with Gasteiger partial charge in [-0.1, -0.05) is 112 Å². The smallest absolute Gasteiger partial charge is 0.0417 e. The van der Waals surface area contributed by atoms with Crippen LogP contribution in [0.5, 0.6) is 0 Å². The Kier molecular flexibility index (Phi) is 14.0. The maximum Gasteiger partial charge on any atom is -0.0417 e. The van der Waals surface area contributed by atoms with Crippen LogP contribution in [0.25, 0.3) is 0 Å². The standard InChI is InChI=1S/C20H42/c1-6-14-18(3)16-12-10-8-9-11-13-17-20(5)19(4)15-7-2/h18-20H,6-17H2,1-5H3. The van der Waals surface area contributed by atoms with Gasteiger partial charge in [0.15, 0.2) is 0 Å². The maximum atomic E-state index is 2.45. The van der Waals surface area contributed by atoms with Crippen molar-refractivity contribution in [2.24, 2.45) is 17.8 Å². The van der Waals surface area contributed by atoms with E-state index in [9.17, 15) is 0 Å². The van der Waals surface area contributed by atoms with Gasteiger partial charge in [-0.25, -0.2) is 0 Å². The van der Waals surface area contributed by atoms with E-state index in [2.05, 4.69) is 34.6 Å². The van der Waals surface area contributed by atoms with Crippen molar-refractivity contribution in [1.82, 2.24) is 0 Å². The lowest BCUT2D eigenvalue weighted by Gasteiger charge is -2.19. The Morgan fingerprint density at radius 2 is 0.950 bits per heavy atom. The van der Waals surface area contributed by atoms with Crippen LogP contribution >= 0.6 is 0 Å². The van der Waals surface area contributed by atoms with Gasteiger partial charge in [-0.15, -0.1) is 0 Å². The average molecular weight is 283 g/mol. The van der Waals surface area contributed by atoms with Crippen molar-refractivity contribution in [1.29, 1.82) is 0 Å². The molecular weight excluding hydrogens is 240 g/mol. The Morgan fingerprint density at radius 3 is 1.50 bits per heavy atom. The normalized spacial score (nSPS) is 16.1. The summed E-state index contributed by atoms with van der Waals surface area (Å²) in [6.45, 7) is 11.9. The summed E-state index contributed by atoms with van der Waals surface area (Å²) < 4.78 is 0. The molecule has 0 radical (unpaired) electrons. The van der Waals surface area contributed by atoms with Crippen LogP contribution in [0.1, 0.15) is 112 Å². The van der Waals surface area contributed by atoms with Gasteiger partial charge in [0, 0.05) is 0 Å². The van der Waals surface area contributed by atoms with Gasteiger partial charge in [0.25, 0.3) is 0 Å². The number of hydrogen-bond acceptors (Lipinski definition) is 0. The van der Waals surface area contributed by atoms with Gasteiger partial charge in [0.2, 0.25) is 0 Å². The zero-order chi connectivity index (χ0) is 15.2. The number of rotatable bonds is 14. The second-order valence-electron chi connectivity index (χ2n) is 7.34. The Morgan fingerprint density at radius 1 is 0.500 bits per heavy atom. The quantitative estimate of drug-likeness (QED) is 0.287. The number of unbranched alkanes of at least 4 members (excludes halogenated alkanes) is 5. The topological polar surface area (TPSA) is 0 Å². The van der Waals surface area contributed by atoms with E-state index in [1.54, 1.807) is 0 Å². The van der Waals surface area contributed by atoms with E-state index in [1.165, 1.54) is 77.0 Å². The van der Waals surface area contributed by atoms with Crippen molar-refractivity contribution < 1.29 is 0 Å². The first-order chi connectivity index (χ1) is 9.61. The first kappa shape index (κ1) is 20.0. The molecule has 0 nitrogen and oxygen atoms in total. The minimum absolute atomic E-state index is 0.931. The molecule has 0 N–H and O–H groups in total. The van der Waals surface area contributed by atoms with Crippen LogP contribution in [-0.2, 0) is 0 Å². The van der Waals surface area contributed by atoms with E-state index < -0.39 is 0 Å². The summed E-state index contributed by atoms with van der Waals surface area (Å²) in [7, 11) is 0. The average Bonchev–Trinajstić information content (AvgIpc) is 2.42. The lowest BCUT2D eigenvalue weighted by atomic mass is 9.87. The predicted octanol–water partition coefficient (Wildman–Crippen LogP) is 7.62. The first-order valence-electron chi connectivity index (χ1n) is 9.61. The van der Waals surface area contributed by atoms with Crippen molar-refractivity contribution in [3.63, 3.8) is 0 Å². The van der Waals surface area contributed by atoms with Gasteiger partial charge in [-0.2, -0.15) is 0 Å². The summed E-state index contributed by atoms with van der Waals surface area (Å²) in [6.07, 6.45) is 17.3. The van der Waals surface area contributed by atoms with Gasteiger partial charge in [0.1, 0.15) is 0 Å². The molecule has 0 saturated carbocycles. The minimum Gasteiger partial charge on any atom is -0.0654 e. The van der Waals surface area contributed by atoms with Crippen LogP contribution in [0.3, 0.4) is 0 Å². The van der Waals surface area contributed by atoms with Gasteiger partial charge in [0.05, 0.1) is 0 Å². The molecule has 0 bridgehead atoms. The third-order valence-electron chi connectivity index (χ3n) is 5.10. The van der Waals surface area contributed by atoms with Gasteiger partial charge in [-0.3, -0.25) is 0 Å². The maximum absolute atomic E-state index is 2.45. The fraction of sp³-hybridized carbons (Fsp3) is 1.00. The fourth-order valence-corrected chi connectivity index (χ4v) is 3.33. The van der Waals surface area contributed by atoms with Crippen molar-refractivity contribution in [3.05, 3.63) is 0 Å². The zero-order valence-electron chi connectivity index (χ0n) is 15.2. The zero-order valence-corrected chi connectivity index (χ0v) is 15.2. The van der Waals surface area contributed by atoms with E-state index in [4.69, 9.17) is 0 Å². The molecule has 0 aromatic carbocycles. The summed E-state index contributed by atoms with van der Waals surface area (Å²) in [5.41, 5.74) is 0. The van der Waals surface area contributed by atoms with E-state index in [-0.39, 0.29) is 0 Å². The molecule has 0 aliphatic heterocycles. The van der Waals surface area contributed by atoms with Crippen LogP contribution in [0.15, 0.2) is 0 Å². The highest BCUT2D eigenvalue weighted by molar-refractivity contribution is 4.62. The second-order valence-corrected chi connectivity index (χ2v) is 7.34. The molecule has 0 fully saturated rings. The molecule has 3 unspecified atom stereocenters. The molecule has 122 valence electrons. The lowest BCUT2D eigenvalue weighted by molar-refractivity contribution is 0.329. The molecule has 20 heavy (non-hydrogen) atoms. The molecule has 0 amide bonds. The monoisotopic (exact) mass is 282 g/mol. The van der Waals surface area contributed by atoms with E-state index >= 15 is 0 Å². The lowest BCUT2D eigenvalue weighted by Crippen LogP contribution is -2.07. The minimum atomic E-state index is 0.931. The highest BCUT2D eigenvalue weighted by Crippen LogP contribution is 2.23. The molecule has 0 heterocycles. The van der Waals surface area contributed by atoms with E-state index in [0.29, 0.717) is 0 Å². The molecule has 3 atom stereocenters. The Hall–Kier alpha value is 0. The summed E-state index contributed by atoms with van der Waals surface area (Å²) in [4.78, 5) is 0. The molecule has 0 spiro atoms. The third-order valence-corrected chi connectivity index (χ3v) is 5.10. The fourth-order valence-electron chi connectivity index (χ4n) is 3.33. The highest BCUT2D eigenvalue weighted by Gasteiger charge is 2.10. The highest BCUT2D eigenvalue weighted by atomic mass is 14.2. The van der Waals surface area contributed by atoms with Crippen molar-refractivity contribution in [3.8, 4) is 0 Å². The van der Waals surface area contributed by atoms with E-state index in [1.807, 2.05) is 0 Å². The van der Waals surface area contributed by atoms with Crippen molar-refractivity contribution >= 4 is 0 Å².